The molecule has 0 saturated carbocycles. The van der Waals surface area contributed by atoms with Crippen LogP contribution in [0.5, 0.6) is 0 Å². The molecule has 11 rings (SSSR count). The Labute approximate surface area is 384 Å². The predicted octanol–water partition coefficient (Wildman–Crippen LogP) is 15.6. The molecule has 2 aromatic heterocycles. The molecule has 0 amide bonds. The van der Waals surface area contributed by atoms with E-state index in [2.05, 4.69) is 269 Å². The Kier molecular flexibility index (Phi) is 10.0. The smallest absolute Gasteiger partial charge is 0.113 e. The second kappa shape index (κ2) is 16.3. The number of aromatic nitrogens is 2. The van der Waals surface area contributed by atoms with Crippen LogP contribution in [0.2, 0.25) is 5.02 Å². The molecule has 6 nitrogen and oxygen atoms in total. The van der Waals surface area contributed by atoms with E-state index in [4.69, 9.17) is 11.6 Å². The Bertz CT molecular complexity index is 3290. The van der Waals surface area contributed by atoms with Gasteiger partial charge in [-0.05, 0) is 95.7 Å². The molecule has 0 atom stereocenters. The maximum Gasteiger partial charge on any atom is 0.113 e. The van der Waals surface area contributed by atoms with Crippen LogP contribution in [0, 0.1) is 0 Å². The molecule has 0 saturated heterocycles. The summed E-state index contributed by atoms with van der Waals surface area (Å²) >= 11 is 7.87. The third-order valence-corrected chi connectivity index (χ3v) is 12.9. The van der Waals surface area contributed by atoms with Gasteiger partial charge in [0.05, 0.1) is 50.2 Å². The minimum absolute atomic E-state index is 0.646. The number of halogens is 1. The fraction of sp³-hybridized carbons (Fsp3) is 0.0690. The number of fused-ring (bicyclic) bond motifs is 4. The molecule has 0 aliphatic carbocycles. The Balaban J connectivity index is 1.12. The largest absolute Gasteiger partial charge is 0.364 e. The van der Waals surface area contributed by atoms with Crippen molar-refractivity contribution in [2.24, 2.45) is 0 Å². The number of hydrogen-bond acceptors (Lipinski definition) is 4. The standard InChI is InChI=1S/C58H47ClN6/c1-60(2)56-38-46-50(62(42-24-7-5-8-25-42)48-30-15-22-40-20-11-13-28-44(40)48)32-17-34-52(46)64(56)54-36-19-37-55(58(54)59)65-53-35-18-33-51(47(53)39-57(65)61(3)4)63(43-26-9-6-10-27-43)49-31-16-23-41-21-12-14-29-45(41)49/h5-39H,1-4H3. The van der Waals surface area contributed by atoms with Crippen molar-refractivity contribution < 1.29 is 0 Å². The summed E-state index contributed by atoms with van der Waals surface area (Å²) in [6.45, 7) is 0. The molecule has 0 radical (unpaired) electrons. The highest BCUT2D eigenvalue weighted by atomic mass is 35.5. The summed E-state index contributed by atoms with van der Waals surface area (Å²) in [5.74, 6) is 2.03. The lowest BCUT2D eigenvalue weighted by Crippen LogP contribution is -2.15. The van der Waals surface area contributed by atoms with E-state index in [0.717, 1.165) is 78.9 Å². The van der Waals surface area contributed by atoms with Crippen LogP contribution in [-0.2, 0) is 0 Å². The van der Waals surface area contributed by atoms with Crippen LogP contribution in [0.15, 0.2) is 212 Å². The summed E-state index contributed by atoms with van der Waals surface area (Å²) in [4.78, 5) is 9.11. The van der Waals surface area contributed by atoms with E-state index in [-0.39, 0.29) is 0 Å². The molecule has 0 fully saturated rings. The molecule has 65 heavy (non-hydrogen) atoms. The van der Waals surface area contributed by atoms with Crippen molar-refractivity contribution in [2.75, 3.05) is 47.8 Å². The molecule has 0 bridgehead atoms. The molecule has 0 spiro atoms. The number of hydrogen-bond donors (Lipinski definition) is 0. The number of benzene rings is 9. The molecular formula is C58H47ClN6. The maximum atomic E-state index is 7.87. The van der Waals surface area contributed by atoms with Gasteiger partial charge in [-0.2, -0.15) is 0 Å². The van der Waals surface area contributed by atoms with Gasteiger partial charge in [0.2, 0.25) is 0 Å². The summed E-state index contributed by atoms with van der Waals surface area (Å²) in [5, 5.41) is 7.60. The van der Waals surface area contributed by atoms with Crippen molar-refractivity contribution in [3.8, 4) is 11.4 Å². The van der Waals surface area contributed by atoms with Gasteiger partial charge in [-0.3, -0.25) is 9.13 Å². The second-order valence-electron chi connectivity index (χ2n) is 16.8. The van der Waals surface area contributed by atoms with Crippen LogP contribution in [0.1, 0.15) is 0 Å². The molecule has 316 valence electrons. The topological polar surface area (TPSA) is 22.8 Å². The molecule has 0 N–H and O–H groups in total. The van der Waals surface area contributed by atoms with E-state index in [0.29, 0.717) is 5.02 Å². The van der Waals surface area contributed by atoms with E-state index in [1.807, 2.05) is 0 Å². The highest BCUT2D eigenvalue weighted by molar-refractivity contribution is 6.34. The van der Waals surface area contributed by atoms with Gasteiger partial charge in [-0.25, -0.2) is 0 Å². The van der Waals surface area contributed by atoms with E-state index < -0.39 is 0 Å². The van der Waals surface area contributed by atoms with Crippen LogP contribution in [0.25, 0.3) is 54.7 Å². The van der Waals surface area contributed by atoms with E-state index in [1.54, 1.807) is 0 Å². The van der Waals surface area contributed by atoms with Crippen LogP contribution in [0.4, 0.5) is 45.8 Å². The van der Waals surface area contributed by atoms with Crippen molar-refractivity contribution in [3.63, 3.8) is 0 Å². The SMILES string of the molecule is CN(C)c1cc2c(N(c3ccccc3)c3cccc4ccccc34)cccc2n1-c1cccc(-n2c(N(C)C)cc3c(N(c4ccccc4)c4cccc5ccccc45)cccc32)c1Cl. The Morgan fingerprint density at radius 2 is 0.677 bits per heavy atom. The number of anilines is 8. The average molecular weight is 864 g/mol. The van der Waals surface area contributed by atoms with Crippen molar-refractivity contribution in [2.45, 2.75) is 0 Å². The minimum atomic E-state index is 0.646. The number of nitrogens with zero attached hydrogens (tertiary/aromatic N) is 6. The van der Waals surface area contributed by atoms with E-state index in [9.17, 15) is 0 Å². The van der Waals surface area contributed by atoms with Gasteiger partial charge in [0, 0.05) is 61.1 Å². The first-order valence-electron chi connectivity index (χ1n) is 22.0. The van der Waals surface area contributed by atoms with Crippen LogP contribution in [-0.4, -0.2) is 37.3 Å². The molecule has 0 unspecified atom stereocenters. The first-order valence-corrected chi connectivity index (χ1v) is 22.3. The lowest BCUT2D eigenvalue weighted by molar-refractivity contribution is 0.989. The predicted molar refractivity (Wildman–Crippen MR) is 278 cm³/mol. The van der Waals surface area contributed by atoms with E-state index in [1.165, 1.54) is 21.5 Å². The zero-order chi connectivity index (χ0) is 44.2. The molecule has 0 aliphatic heterocycles. The summed E-state index contributed by atoms with van der Waals surface area (Å²) in [5.41, 5.74) is 10.4. The van der Waals surface area contributed by atoms with Gasteiger partial charge in [0.1, 0.15) is 11.6 Å². The van der Waals surface area contributed by atoms with Crippen molar-refractivity contribution in [1.29, 1.82) is 0 Å². The molecule has 11 aromatic rings. The summed E-state index contributed by atoms with van der Waals surface area (Å²) in [6, 6.07) is 75.7. The first-order chi connectivity index (χ1) is 31.9. The molecule has 0 aliphatic rings. The van der Waals surface area contributed by atoms with Gasteiger partial charge in [-0.15, -0.1) is 0 Å². The third kappa shape index (κ3) is 6.73. The molecule has 2 heterocycles. The molecule has 9 aromatic carbocycles. The zero-order valence-corrected chi connectivity index (χ0v) is 37.5. The van der Waals surface area contributed by atoms with Crippen LogP contribution >= 0.6 is 11.6 Å². The van der Waals surface area contributed by atoms with Crippen molar-refractivity contribution in [3.05, 3.63) is 217 Å². The third-order valence-electron chi connectivity index (χ3n) is 12.5. The zero-order valence-electron chi connectivity index (χ0n) is 36.8. The summed E-state index contributed by atoms with van der Waals surface area (Å²) in [6.07, 6.45) is 0. The number of para-hydroxylation sites is 2. The van der Waals surface area contributed by atoms with Gasteiger partial charge >= 0.3 is 0 Å². The van der Waals surface area contributed by atoms with Gasteiger partial charge < -0.3 is 19.6 Å². The lowest BCUT2D eigenvalue weighted by atomic mass is 10.1. The Morgan fingerprint density at radius 1 is 0.338 bits per heavy atom. The second-order valence-corrected chi connectivity index (χ2v) is 17.2. The normalized spacial score (nSPS) is 11.5. The fourth-order valence-electron chi connectivity index (χ4n) is 9.59. The highest BCUT2D eigenvalue weighted by Gasteiger charge is 2.26. The van der Waals surface area contributed by atoms with Crippen LogP contribution < -0.4 is 19.6 Å². The highest BCUT2D eigenvalue weighted by Crippen LogP contribution is 2.48. The van der Waals surface area contributed by atoms with E-state index >= 15 is 0 Å². The van der Waals surface area contributed by atoms with Crippen molar-refractivity contribution in [1.82, 2.24) is 9.13 Å². The van der Waals surface area contributed by atoms with Crippen molar-refractivity contribution >= 4 is 101 Å². The Morgan fingerprint density at radius 3 is 1.09 bits per heavy atom. The molecule has 7 heteroatoms. The van der Waals surface area contributed by atoms with Gasteiger partial charge in [0.25, 0.3) is 0 Å². The maximum absolute atomic E-state index is 7.87. The minimum Gasteiger partial charge on any atom is -0.364 e. The molecular weight excluding hydrogens is 816 g/mol. The number of rotatable bonds is 10. The monoisotopic (exact) mass is 862 g/mol. The van der Waals surface area contributed by atoms with Gasteiger partial charge in [0.15, 0.2) is 0 Å². The first kappa shape index (κ1) is 39.9. The Hall–Kier alpha value is -7.93. The summed E-state index contributed by atoms with van der Waals surface area (Å²) in [7, 11) is 8.39. The van der Waals surface area contributed by atoms with Gasteiger partial charge in [-0.1, -0.05) is 139 Å². The fourth-order valence-corrected chi connectivity index (χ4v) is 9.88. The average Bonchev–Trinajstić information content (AvgIpc) is 3.94. The lowest BCUT2D eigenvalue weighted by Gasteiger charge is -2.27. The summed E-state index contributed by atoms with van der Waals surface area (Å²) < 4.78 is 4.61. The van der Waals surface area contributed by atoms with Crippen LogP contribution in [0.3, 0.4) is 0 Å². The quantitative estimate of drug-likeness (QED) is 0.137.